The maximum Gasteiger partial charge on any atom is 0.137 e. The monoisotopic (exact) mass is 239 g/mol. The zero-order valence-electron chi connectivity index (χ0n) is 10.1. The lowest BCUT2D eigenvalue weighted by atomic mass is 10.0. The summed E-state index contributed by atoms with van der Waals surface area (Å²) in [5.41, 5.74) is 1.80. The third kappa shape index (κ3) is 1.74. The highest BCUT2D eigenvalue weighted by atomic mass is 16.6. The van der Waals surface area contributed by atoms with Crippen LogP contribution in [-0.2, 0) is 4.84 Å². The third-order valence-electron chi connectivity index (χ3n) is 2.86. The summed E-state index contributed by atoms with van der Waals surface area (Å²) in [6.07, 6.45) is 0. The molecule has 0 aromatic heterocycles. The molecule has 0 amide bonds. The Morgan fingerprint density at radius 3 is 2.94 bits per heavy atom. The van der Waals surface area contributed by atoms with Crippen LogP contribution in [0.5, 0.6) is 5.75 Å². The number of rotatable bonds is 2. The van der Waals surface area contributed by atoms with Crippen LogP contribution in [0.3, 0.4) is 0 Å². The molecule has 0 fully saturated rings. The van der Waals surface area contributed by atoms with Crippen molar-refractivity contribution < 1.29 is 9.57 Å². The van der Waals surface area contributed by atoms with Crippen LogP contribution in [0.2, 0.25) is 0 Å². The summed E-state index contributed by atoms with van der Waals surface area (Å²) in [6, 6.07) is 12.2. The molecule has 0 aliphatic carbocycles. The van der Waals surface area contributed by atoms with E-state index in [9.17, 15) is 0 Å². The molecule has 0 bridgehead atoms. The number of fused-ring (bicyclic) bond motifs is 3. The van der Waals surface area contributed by atoms with E-state index in [1.165, 1.54) is 5.39 Å². The van der Waals surface area contributed by atoms with Crippen LogP contribution in [0.4, 0.5) is 0 Å². The SMILES string of the molecule is C=C(C)O/N=C1/COc2c1ccc1ccccc21. The quantitative estimate of drug-likeness (QED) is 0.593. The standard InChI is InChI=1S/C15H13NO2/c1-10(2)18-16-14-9-17-15-12-6-4-3-5-11(12)7-8-13(14)15/h3-8H,1,9H2,2H3/b16-14-. The highest BCUT2D eigenvalue weighted by Crippen LogP contribution is 2.34. The smallest absolute Gasteiger partial charge is 0.137 e. The largest absolute Gasteiger partial charge is 0.486 e. The Morgan fingerprint density at radius 1 is 1.28 bits per heavy atom. The molecule has 2 aromatic rings. The lowest BCUT2D eigenvalue weighted by Crippen LogP contribution is -2.02. The van der Waals surface area contributed by atoms with E-state index < -0.39 is 0 Å². The molecule has 90 valence electrons. The second-order valence-electron chi connectivity index (χ2n) is 4.28. The van der Waals surface area contributed by atoms with Crippen molar-refractivity contribution in [3.63, 3.8) is 0 Å². The van der Waals surface area contributed by atoms with Gasteiger partial charge in [-0.3, -0.25) is 0 Å². The maximum atomic E-state index is 5.72. The minimum Gasteiger partial charge on any atom is -0.486 e. The number of nitrogens with zero attached hydrogens (tertiary/aromatic N) is 1. The van der Waals surface area contributed by atoms with Crippen LogP contribution < -0.4 is 4.74 Å². The summed E-state index contributed by atoms with van der Waals surface area (Å²) < 4.78 is 5.72. The van der Waals surface area contributed by atoms with Gasteiger partial charge in [-0.15, -0.1) is 0 Å². The van der Waals surface area contributed by atoms with E-state index in [-0.39, 0.29) is 0 Å². The van der Waals surface area contributed by atoms with Crippen LogP contribution in [0, 0.1) is 0 Å². The number of allylic oxidation sites excluding steroid dienone is 1. The molecule has 0 saturated carbocycles. The molecule has 0 radical (unpaired) electrons. The van der Waals surface area contributed by atoms with Gasteiger partial charge in [0.1, 0.15) is 23.8 Å². The maximum absolute atomic E-state index is 5.72. The first-order chi connectivity index (χ1) is 8.75. The Balaban J connectivity index is 2.10. The Hall–Kier alpha value is -2.29. The lowest BCUT2D eigenvalue weighted by Gasteiger charge is -2.03. The molecule has 0 spiro atoms. The van der Waals surface area contributed by atoms with Gasteiger partial charge in [-0.1, -0.05) is 42.1 Å². The molecule has 1 aliphatic heterocycles. The zero-order chi connectivity index (χ0) is 12.5. The molecular weight excluding hydrogens is 226 g/mol. The Bertz CT molecular complexity index is 659. The molecular formula is C15H13NO2. The second-order valence-corrected chi connectivity index (χ2v) is 4.28. The van der Waals surface area contributed by atoms with Crippen LogP contribution in [-0.4, -0.2) is 12.3 Å². The minimum atomic E-state index is 0.441. The highest BCUT2D eigenvalue weighted by Gasteiger charge is 2.22. The summed E-state index contributed by atoms with van der Waals surface area (Å²) >= 11 is 0. The first-order valence-electron chi connectivity index (χ1n) is 5.80. The normalized spacial score (nSPS) is 15.5. The average Bonchev–Trinajstić information content (AvgIpc) is 2.80. The summed E-state index contributed by atoms with van der Waals surface area (Å²) in [5.74, 6) is 1.45. The van der Waals surface area contributed by atoms with Gasteiger partial charge < -0.3 is 9.57 Å². The van der Waals surface area contributed by atoms with Crippen LogP contribution >= 0.6 is 0 Å². The van der Waals surface area contributed by atoms with Crippen molar-refractivity contribution in [1.82, 2.24) is 0 Å². The fraction of sp³-hybridized carbons (Fsp3) is 0.133. The number of oxime groups is 1. The van der Waals surface area contributed by atoms with Crippen molar-refractivity contribution in [3.8, 4) is 5.75 Å². The van der Waals surface area contributed by atoms with Crippen molar-refractivity contribution in [2.24, 2.45) is 5.16 Å². The van der Waals surface area contributed by atoms with Gasteiger partial charge in [0.15, 0.2) is 0 Å². The van der Waals surface area contributed by atoms with E-state index in [1.54, 1.807) is 6.92 Å². The van der Waals surface area contributed by atoms with Gasteiger partial charge >= 0.3 is 0 Å². The van der Waals surface area contributed by atoms with Crippen molar-refractivity contribution in [2.75, 3.05) is 6.61 Å². The molecule has 0 saturated heterocycles. The fourth-order valence-electron chi connectivity index (χ4n) is 2.05. The molecule has 2 aromatic carbocycles. The number of ether oxygens (including phenoxy) is 1. The Labute approximate surface area is 105 Å². The predicted molar refractivity (Wildman–Crippen MR) is 71.9 cm³/mol. The minimum absolute atomic E-state index is 0.441. The van der Waals surface area contributed by atoms with Crippen molar-refractivity contribution in [1.29, 1.82) is 0 Å². The van der Waals surface area contributed by atoms with Crippen molar-refractivity contribution in [3.05, 3.63) is 54.3 Å². The van der Waals surface area contributed by atoms with Gasteiger partial charge in [-0.2, -0.15) is 0 Å². The molecule has 18 heavy (non-hydrogen) atoms. The van der Waals surface area contributed by atoms with E-state index in [2.05, 4.69) is 29.9 Å². The van der Waals surface area contributed by atoms with Crippen molar-refractivity contribution >= 4 is 16.5 Å². The Kier molecular flexibility index (Phi) is 2.52. The van der Waals surface area contributed by atoms with Gasteiger partial charge in [0, 0.05) is 10.9 Å². The summed E-state index contributed by atoms with van der Waals surface area (Å²) in [6.45, 7) is 5.86. The molecule has 3 nitrogen and oxygen atoms in total. The van der Waals surface area contributed by atoms with Crippen LogP contribution in [0.1, 0.15) is 12.5 Å². The summed E-state index contributed by atoms with van der Waals surface area (Å²) in [4.78, 5) is 5.11. The number of benzene rings is 2. The van der Waals surface area contributed by atoms with Gasteiger partial charge in [-0.25, -0.2) is 0 Å². The number of hydrogen-bond donors (Lipinski definition) is 0. The van der Waals surface area contributed by atoms with E-state index in [0.717, 1.165) is 22.4 Å². The lowest BCUT2D eigenvalue weighted by molar-refractivity contribution is 0.229. The zero-order valence-corrected chi connectivity index (χ0v) is 10.1. The summed E-state index contributed by atoms with van der Waals surface area (Å²) in [7, 11) is 0. The van der Waals surface area contributed by atoms with Gasteiger partial charge in [0.25, 0.3) is 0 Å². The highest BCUT2D eigenvalue weighted by molar-refractivity contribution is 6.10. The molecule has 3 rings (SSSR count). The third-order valence-corrected chi connectivity index (χ3v) is 2.86. The predicted octanol–water partition coefficient (Wildman–Crippen LogP) is 3.49. The van der Waals surface area contributed by atoms with E-state index in [1.807, 2.05) is 18.2 Å². The van der Waals surface area contributed by atoms with Gasteiger partial charge in [0.2, 0.25) is 0 Å². The second kappa shape index (κ2) is 4.18. The van der Waals surface area contributed by atoms with E-state index in [0.29, 0.717) is 12.4 Å². The first-order valence-corrected chi connectivity index (χ1v) is 5.80. The van der Waals surface area contributed by atoms with Gasteiger partial charge in [0.05, 0.1) is 0 Å². The van der Waals surface area contributed by atoms with E-state index in [4.69, 9.17) is 9.57 Å². The van der Waals surface area contributed by atoms with E-state index >= 15 is 0 Å². The molecule has 0 unspecified atom stereocenters. The number of hydrogen-bond acceptors (Lipinski definition) is 3. The first kappa shape index (κ1) is 10.8. The topological polar surface area (TPSA) is 30.8 Å². The Morgan fingerprint density at radius 2 is 2.11 bits per heavy atom. The molecule has 1 heterocycles. The van der Waals surface area contributed by atoms with Crippen LogP contribution in [0.25, 0.3) is 10.8 Å². The summed E-state index contributed by atoms with van der Waals surface area (Å²) in [5, 5.41) is 6.34. The average molecular weight is 239 g/mol. The molecule has 0 N–H and O–H groups in total. The van der Waals surface area contributed by atoms with Crippen molar-refractivity contribution in [2.45, 2.75) is 6.92 Å². The molecule has 3 heteroatoms. The van der Waals surface area contributed by atoms with Crippen LogP contribution in [0.15, 0.2) is 53.9 Å². The molecule has 1 aliphatic rings. The van der Waals surface area contributed by atoms with Gasteiger partial charge in [-0.05, 0) is 18.4 Å². The molecule has 0 atom stereocenters. The fourth-order valence-corrected chi connectivity index (χ4v) is 2.05.